The summed E-state index contributed by atoms with van der Waals surface area (Å²) < 4.78 is 16.3. The van der Waals surface area contributed by atoms with Crippen molar-refractivity contribution in [3.8, 4) is 11.5 Å². The van der Waals surface area contributed by atoms with Crippen LogP contribution in [0.15, 0.2) is 27.4 Å². The molecule has 0 spiro atoms. The predicted octanol–water partition coefficient (Wildman–Crippen LogP) is 3.11. The fourth-order valence-corrected chi connectivity index (χ4v) is 1.88. The highest BCUT2D eigenvalue weighted by atomic mass is 16.5. The first-order chi connectivity index (χ1) is 8.86. The molecule has 0 aliphatic rings. The van der Waals surface area contributed by atoms with Crippen molar-refractivity contribution in [3.63, 3.8) is 0 Å². The Labute approximate surface area is 111 Å². The Balaban J connectivity index is 2.84. The molecule has 0 saturated carbocycles. The first-order valence-electron chi connectivity index (χ1n) is 6.07. The summed E-state index contributed by atoms with van der Waals surface area (Å²) >= 11 is 0. The molecule has 2 rings (SSSR count). The lowest BCUT2D eigenvalue weighted by Crippen LogP contribution is -2.15. The first-order valence-corrected chi connectivity index (χ1v) is 6.07. The van der Waals surface area contributed by atoms with Crippen LogP contribution in [0.3, 0.4) is 0 Å². The van der Waals surface area contributed by atoms with Crippen LogP contribution in [0.5, 0.6) is 11.5 Å². The molecule has 1 heterocycles. The van der Waals surface area contributed by atoms with Crippen molar-refractivity contribution >= 4 is 11.0 Å². The molecule has 1 aromatic carbocycles. The van der Waals surface area contributed by atoms with Gasteiger partial charge in [-0.3, -0.25) is 4.79 Å². The van der Waals surface area contributed by atoms with Crippen molar-refractivity contribution in [2.75, 3.05) is 14.2 Å². The number of methoxy groups -OCH3 is 2. The molecule has 0 atom stereocenters. The fraction of sp³-hybridized carbons (Fsp3) is 0.400. The molecule has 0 N–H and O–H groups in total. The molecule has 0 aliphatic heterocycles. The Kier molecular flexibility index (Phi) is 3.27. The lowest BCUT2D eigenvalue weighted by molar-refractivity contribution is 0.391. The Bertz CT molecular complexity index is 662. The Morgan fingerprint density at radius 1 is 1.05 bits per heavy atom. The highest BCUT2D eigenvalue weighted by Crippen LogP contribution is 2.31. The third kappa shape index (κ3) is 2.43. The summed E-state index contributed by atoms with van der Waals surface area (Å²) in [4.78, 5) is 12.2. The number of fused-ring (bicyclic) bond motifs is 1. The van der Waals surface area contributed by atoms with Crippen molar-refractivity contribution < 1.29 is 13.9 Å². The van der Waals surface area contributed by atoms with E-state index in [1.165, 1.54) is 13.2 Å². The zero-order chi connectivity index (χ0) is 14.2. The second kappa shape index (κ2) is 4.61. The topological polar surface area (TPSA) is 48.7 Å². The van der Waals surface area contributed by atoms with Gasteiger partial charge < -0.3 is 13.9 Å². The molecular weight excluding hydrogens is 244 g/mol. The van der Waals surface area contributed by atoms with Crippen molar-refractivity contribution in [1.82, 2.24) is 0 Å². The maximum atomic E-state index is 12.2. The monoisotopic (exact) mass is 262 g/mol. The SMILES string of the molecule is COc1cc(OC)c2c(=O)cc(C(C)(C)C)oc2c1. The van der Waals surface area contributed by atoms with Gasteiger partial charge in [-0.15, -0.1) is 0 Å². The molecule has 19 heavy (non-hydrogen) atoms. The molecule has 0 unspecified atom stereocenters. The van der Waals surface area contributed by atoms with Crippen LogP contribution >= 0.6 is 0 Å². The zero-order valence-corrected chi connectivity index (χ0v) is 11.9. The number of benzene rings is 1. The maximum absolute atomic E-state index is 12.2. The summed E-state index contributed by atoms with van der Waals surface area (Å²) in [6.07, 6.45) is 0. The number of ether oxygens (including phenoxy) is 2. The van der Waals surface area contributed by atoms with Crippen LogP contribution < -0.4 is 14.9 Å². The van der Waals surface area contributed by atoms with Crippen molar-refractivity contribution in [1.29, 1.82) is 0 Å². The molecule has 4 nitrogen and oxygen atoms in total. The zero-order valence-electron chi connectivity index (χ0n) is 11.9. The average Bonchev–Trinajstić information content (AvgIpc) is 2.35. The summed E-state index contributed by atoms with van der Waals surface area (Å²) in [5.74, 6) is 1.70. The van der Waals surface area contributed by atoms with Gasteiger partial charge in [0.25, 0.3) is 0 Å². The quantitative estimate of drug-likeness (QED) is 0.834. The molecule has 0 amide bonds. The summed E-state index contributed by atoms with van der Waals surface area (Å²) in [6, 6.07) is 4.90. The van der Waals surface area contributed by atoms with Crippen LogP contribution in [0.2, 0.25) is 0 Å². The van der Waals surface area contributed by atoms with E-state index in [2.05, 4.69) is 0 Å². The fourth-order valence-electron chi connectivity index (χ4n) is 1.88. The van der Waals surface area contributed by atoms with Crippen LogP contribution in [0.1, 0.15) is 26.5 Å². The van der Waals surface area contributed by atoms with Crippen LogP contribution in [0.4, 0.5) is 0 Å². The summed E-state index contributed by atoms with van der Waals surface area (Å²) in [6.45, 7) is 5.98. The Hall–Kier alpha value is -1.97. The molecule has 0 aliphatic carbocycles. The van der Waals surface area contributed by atoms with Crippen molar-refractivity contribution in [3.05, 3.63) is 34.2 Å². The van der Waals surface area contributed by atoms with Crippen LogP contribution in [0, 0.1) is 0 Å². The van der Waals surface area contributed by atoms with Gasteiger partial charge in [0, 0.05) is 23.6 Å². The van der Waals surface area contributed by atoms with E-state index in [0.29, 0.717) is 28.2 Å². The second-order valence-corrected chi connectivity index (χ2v) is 5.43. The third-order valence-corrected chi connectivity index (χ3v) is 2.96. The van der Waals surface area contributed by atoms with Gasteiger partial charge in [-0.25, -0.2) is 0 Å². The lowest BCUT2D eigenvalue weighted by Gasteiger charge is -2.17. The van der Waals surface area contributed by atoms with Gasteiger partial charge in [0.2, 0.25) is 0 Å². The van der Waals surface area contributed by atoms with Gasteiger partial charge in [-0.1, -0.05) is 20.8 Å². The molecule has 0 radical (unpaired) electrons. The van der Waals surface area contributed by atoms with E-state index in [-0.39, 0.29) is 10.8 Å². The molecule has 0 saturated heterocycles. The van der Waals surface area contributed by atoms with E-state index in [0.717, 1.165) is 0 Å². The summed E-state index contributed by atoms with van der Waals surface area (Å²) in [5, 5.41) is 0.441. The molecule has 0 bridgehead atoms. The van der Waals surface area contributed by atoms with E-state index in [1.54, 1.807) is 19.2 Å². The van der Waals surface area contributed by atoms with E-state index in [1.807, 2.05) is 20.8 Å². The highest BCUT2D eigenvalue weighted by molar-refractivity contribution is 5.85. The molecule has 0 fully saturated rings. The average molecular weight is 262 g/mol. The summed E-state index contributed by atoms with van der Waals surface area (Å²) in [7, 11) is 3.08. The van der Waals surface area contributed by atoms with Crippen LogP contribution in [-0.2, 0) is 5.41 Å². The van der Waals surface area contributed by atoms with E-state index in [9.17, 15) is 4.79 Å². The Morgan fingerprint density at radius 3 is 2.26 bits per heavy atom. The summed E-state index contributed by atoms with van der Waals surface area (Å²) in [5.41, 5.74) is 0.142. The Morgan fingerprint density at radius 2 is 1.74 bits per heavy atom. The van der Waals surface area contributed by atoms with E-state index < -0.39 is 0 Å². The maximum Gasteiger partial charge on any atom is 0.196 e. The molecule has 102 valence electrons. The van der Waals surface area contributed by atoms with Crippen LogP contribution in [-0.4, -0.2) is 14.2 Å². The molecular formula is C15H18O4. The van der Waals surface area contributed by atoms with Gasteiger partial charge in [-0.05, 0) is 0 Å². The minimum atomic E-state index is -0.232. The molecule has 2 aromatic rings. The van der Waals surface area contributed by atoms with E-state index in [4.69, 9.17) is 13.9 Å². The van der Waals surface area contributed by atoms with Gasteiger partial charge in [-0.2, -0.15) is 0 Å². The predicted molar refractivity (Wildman–Crippen MR) is 74.3 cm³/mol. The van der Waals surface area contributed by atoms with Crippen LogP contribution in [0.25, 0.3) is 11.0 Å². The molecule has 4 heteroatoms. The lowest BCUT2D eigenvalue weighted by atomic mass is 9.92. The standard InChI is InChI=1S/C15H18O4/c1-15(2,3)13-8-10(16)14-11(18-5)6-9(17-4)7-12(14)19-13/h6-8H,1-5H3. The van der Waals surface area contributed by atoms with Gasteiger partial charge in [0.05, 0.1) is 14.2 Å². The van der Waals surface area contributed by atoms with Gasteiger partial charge in [0.15, 0.2) is 5.43 Å². The minimum absolute atomic E-state index is 0.106. The first kappa shape index (κ1) is 13.5. The second-order valence-electron chi connectivity index (χ2n) is 5.43. The number of rotatable bonds is 2. The highest BCUT2D eigenvalue weighted by Gasteiger charge is 2.20. The number of hydrogen-bond donors (Lipinski definition) is 0. The normalized spacial score (nSPS) is 11.6. The largest absolute Gasteiger partial charge is 0.496 e. The van der Waals surface area contributed by atoms with Crippen molar-refractivity contribution in [2.45, 2.75) is 26.2 Å². The molecule has 1 aromatic heterocycles. The van der Waals surface area contributed by atoms with Crippen molar-refractivity contribution in [2.24, 2.45) is 0 Å². The van der Waals surface area contributed by atoms with E-state index >= 15 is 0 Å². The minimum Gasteiger partial charge on any atom is -0.496 e. The smallest absolute Gasteiger partial charge is 0.196 e. The third-order valence-electron chi connectivity index (χ3n) is 2.96. The van der Waals surface area contributed by atoms with Gasteiger partial charge >= 0.3 is 0 Å². The number of hydrogen-bond acceptors (Lipinski definition) is 4. The van der Waals surface area contributed by atoms with Gasteiger partial charge in [0.1, 0.15) is 28.2 Å².